The van der Waals surface area contributed by atoms with E-state index in [0.29, 0.717) is 12.8 Å². The van der Waals surface area contributed by atoms with Crippen LogP contribution in [0.1, 0.15) is 37.7 Å². The predicted octanol–water partition coefficient (Wildman–Crippen LogP) is 2.64. The number of rotatable bonds is 3. The molecule has 1 aromatic rings. The maximum atomic E-state index is 12.5. The number of carbonyl (C=O) groups is 1. The molecular formula is C18H22N2O3. The van der Waals surface area contributed by atoms with Gasteiger partial charge in [-0.1, -0.05) is 6.07 Å². The van der Waals surface area contributed by atoms with Gasteiger partial charge in [-0.25, -0.2) is 4.79 Å². The summed E-state index contributed by atoms with van der Waals surface area (Å²) in [6.07, 6.45) is 5.94. The number of hydrogen-bond acceptors (Lipinski definition) is 3. The Labute approximate surface area is 135 Å². The Hall–Kier alpha value is -1.91. The van der Waals surface area contributed by atoms with Crippen molar-refractivity contribution in [2.45, 2.75) is 43.6 Å². The molecule has 0 spiro atoms. The van der Waals surface area contributed by atoms with Crippen molar-refractivity contribution in [2.75, 3.05) is 19.9 Å². The van der Waals surface area contributed by atoms with Crippen molar-refractivity contribution in [2.24, 2.45) is 5.92 Å². The third kappa shape index (κ3) is 2.17. The SMILES string of the molecule is O=C(NCC1(c2ccc3c(c2)OCO3)CC1)N1C[C@H]2CC[C@H]1C2. The maximum absolute atomic E-state index is 12.5. The molecule has 2 atom stereocenters. The smallest absolute Gasteiger partial charge is 0.317 e. The minimum absolute atomic E-state index is 0.0926. The molecule has 2 bridgehead atoms. The standard InChI is InChI=1S/C18H22N2O3/c21-17(20-9-12-1-3-14(20)7-12)19-10-18(5-6-18)13-2-4-15-16(8-13)23-11-22-15/h2,4,8,12,14H,1,3,5-7,9-11H2,(H,19,21)/t12-,14-/m0/s1. The average Bonchev–Trinajstić information content (AvgIpc) is 2.97. The highest BCUT2D eigenvalue weighted by Gasteiger charge is 2.46. The van der Waals surface area contributed by atoms with Crippen LogP contribution in [0.5, 0.6) is 11.5 Å². The number of fused-ring (bicyclic) bond motifs is 3. The highest BCUT2D eigenvalue weighted by molar-refractivity contribution is 5.75. The fraction of sp³-hybridized carbons (Fsp3) is 0.611. The Morgan fingerprint density at radius 3 is 2.87 bits per heavy atom. The Morgan fingerprint density at radius 1 is 1.26 bits per heavy atom. The zero-order valence-electron chi connectivity index (χ0n) is 13.2. The second-order valence-electron chi connectivity index (χ2n) is 7.49. The molecule has 23 heavy (non-hydrogen) atoms. The fourth-order valence-corrected chi connectivity index (χ4v) is 4.46. The summed E-state index contributed by atoms with van der Waals surface area (Å²) >= 11 is 0. The molecule has 5 rings (SSSR count). The molecule has 3 fully saturated rings. The monoisotopic (exact) mass is 314 g/mol. The van der Waals surface area contributed by atoms with Gasteiger partial charge < -0.3 is 19.7 Å². The van der Waals surface area contributed by atoms with E-state index < -0.39 is 0 Å². The summed E-state index contributed by atoms with van der Waals surface area (Å²) in [6.45, 7) is 1.98. The quantitative estimate of drug-likeness (QED) is 0.933. The second kappa shape index (κ2) is 4.79. The van der Waals surface area contributed by atoms with Crippen molar-refractivity contribution >= 4 is 6.03 Å². The van der Waals surface area contributed by atoms with Crippen molar-refractivity contribution in [1.82, 2.24) is 10.2 Å². The number of carbonyl (C=O) groups excluding carboxylic acids is 1. The first kappa shape index (κ1) is 13.5. The van der Waals surface area contributed by atoms with Crippen molar-refractivity contribution in [3.63, 3.8) is 0 Å². The van der Waals surface area contributed by atoms with Crippen LogP contribution in [0.3, 0.4) is 0 Å². The third-order valence-corrected chi connectivity index (χ3v) is 6.09. The number of amides is 2. The van der Waals surface area contributed by atoms with Crippen LogP contribution in [0.15, 0.2) is 18.2 Å². The molecule has 2 aliphatic carbocycles. The van der Waals surface area contributed by atoms with Crippen molar-refractivity contribution < 1.29 is 14.3 Å². The first-order valence-electron chi connectivity index (χ1n) is 8.68. The van der Waals surface area contributed by atoms with Crippen LogP contribution in [0.2, 0.25) is 0 Å². The van der Waals surface area contributed by atoms with E-state index in [1.54, 1.807) is 0 Å². The summed E-state index contributed by atoms with van der Waals surface area (Å²) in [6, 6.07) is 6.80. The van der Waals surface area contributed by atoms with E-state index in [-0.39, 0.29) is 11.4 Å². The van der Waals surface area contributed by atoms with E-state index >= 15 is 0 Å². The van der Waals surface area contributed by atoms with Gasteiger partial charge in [0.15, 0.2) is 11.5 Å². The van der Waals surface area contributed by atoms with Gasteiger partial charge >= 0.3 is 6.03 Å². The summed E-state index contributed by atoms with van der Waals surface area (Å²) in [5, 5.41) is 3.19. The van der Waals surface area contributed by atoms with Crippen LogP contribution in [-0.2, 0) is 5.41 Å². The summed E-state index contributed by atoms with van der Waals surface area (Å²) in [4.78, 5) is 14.6. The van der Waals surface area contributed by atoms with Gasteiger partial charge in [0.2, 0.25) is 6.79 Å². The highest BCUT2D eigenvalue weighted by atomic mass is 16.7. The molecule has 1 saturated heterocycles. The van der Waals surface area contributed by atoms with Gasteiger partial charge in [-0.3, -0.25) is 0 Å². The molecule has 2 saturated carbocycles. The van der Waals surface area contributed by atoms with Gasteiger partial charge in [0.1, 0.15) is 0 Å². The molecule has 0 unspecified atom stereocenters. The topological polar surface area (TPSA) is 50.8 Å². The van der Waals surface area contributed by atoms with Crippen molar-refractivity contribution in [1.29, 1.82) is 0 Å². The zero-order valence-corrected chi connectivity index (χ0v) is 13.2. The summed E-state index contributed by atoms with van der Waals surface area (Å²) < 4.78 is 10.9. The Bertz CT molecular complexity index is 656. The Kier molecular flexibility index (Phi) is 2.82. The molecule has 4 aliphatic rings. The summed E-state index contributed by atoms with van der Waals surface area (Å²) in [7, 11) is 0. The van der Waals surface area contributed by atoms with Crippen LogP contribution in [0.4, 0.5) is 4.79 Å². The predicted molar refractivity (Wildman–Crippen MR) is 84.7 cm³/mol. The molecule has 1 aromatic carbocycles. The lowest BCUT2D eigenvalue weighted by Gasteiger charge is -2.28. The Balaban J connectivity index is 1.26. The lowest BCUT2D eigenvalue weighted by molar-refractivity contribution is 0.174. The maximum Gasteiger partial charge on any atom is 0.317 e. The van der Waals surface area contributed by atoms with Gasteiger partial charge in [0.05, 0.1) is 0 Å². The van der Waals surface area contributed by atoms with Crippen LogP contribution < -0.4 is 14.8 Å². The number of urea groups is 1. The minimum Gasteiger partial charge on any atom is -0.454 e. The van der Waals surface area contributed by atoms with Gasteiger partial charge in [0.25, 0.3) is 0 Å². The van der Waals surface area contributed by atoms with Crippen LogP contribution in [-0.4, -0.2) is 36.9 Å². The molecule has 1 N–H and O–H groups in total. The average molecular weight is 314 g/mol. The number of nitrogens with zero attached hydrogens (tertiary/aromatic N) is 1. The normalized spacial score (nSPS) is 29.0. The number of ether oxygens (including phenoxy) is 2. The molecule has 2 heterocycles. The fourth-order valence-electron chi connectivity index (χ4n) is 4.46. The molecule has 5 heteroatoms. The number of nitrogens with one attached hydrogen (secondary N) is 1. The first-order valence-corrected chi connectivity index (χ1v) is 8.68. The number of likely N-dealkylation sites (tertiary alicyclic amines) is 1. The molecule has 122 valence electrons. The van der Waals surface area contributed by atoms with Gasteiger partial charge in [-0.05, 0) is 55.7 Å². The van der Waals surface area contributed by atoms with Crippen molar-refractivity contribution in [3.8, 4) is 11.5 Å². The number of piperidine rings is 1. The molecule has 0 aromatic heterocycles. The van der Waals surface area contributed by atoms with E-state index in [9.17, 15) is 4.79 Å². The minimum atomic E-state index is 0.0926. The van der Waals surface area contributed by atoms with Gasteiger partial charge in [0, 0.05) is 24.5 Å². The molecule has 5 nitrogen and oxygen atoms in total. The lowest BCUT2D eigenvalue weighted by Crippen LogP contribution is -2.46. The molecule has 0 radical (unpaired) electrons. The van der Waals surface area contributed by atoms with Crippen LogP contribution >= 0.6 is 0 Å². The highest BCUT2D eigenvalue weighted by Crippen LogP contribution is 2.50. The second-order valence-corrected chi connectivity index (χ2v) is 7.49. The largest absolute Gasteiger partial charge is 0.454 e. The van der Waals surface area contributed by atoms with E-state index in [1.807, 2.05) is 6.07 Å². The molecular weight excluding hydrogens is 292 g/mol. The van der Waals surface area contributed by atoms with Gasteiger partial charge in [-0.2, -0.15) is 0 Å². The van der Waals surface area contributed by atoms with Gasteiger partial charge in [-0.15, -0.1) is 0 Å². The lowest BCUT2D eigenvalue weighted by atomic mass is 9.95. The zero-order chi connectivity index (χ0) is 15.4. The van der Waals surface area contributed by atoms with Crippen LogP contribution in [0.25, 0.3) is 0 Å². The van der Waals surface area contributed by atoms with E-state index in [4.69, 9.17) is 9.47 Å². The van der Waals surface area contributed by atoms with E-state index in [1.165, 1.54) is 24.8 Å². The molecule has 2 amide bonds. The van der Waals surface area contributed by atoms with Crippen LogP contribution in [0, 0.1) is 5.92 Å². The van der Waals surface area contributed by atoms with E-state index in [0.717, 1.165) is 43.3 Å². The summed E-state index contributed by atoms with van der Waals surface area (Å²) in [5.41, 5.74) is 1.35. The molecule has 2 aliphatic heterocycles. The van der Waals surface area contributed by atoms with E-state index in [2.05, 4.69) is 22.3 Å². The third-order valence-electron chi connectivity index (χ3n) is 6.09. The number of hydrogen-bond donors (Lipinski definition) is 1. The Morgan fingerprint density at radius 2 is 2.13 bits per heavy atom. The van der Waals surface area contributed by atoms with Crippen molar-refractivity contribution in [3.05, 3.63) is 23.8 Å². The number of benzene rings is 1. The first-order chi connectivity index (χ1) is 11.2. The summed E-state index contributed by atoms with van der Waals surface area (Å²) in [5.74, 6) is 2.40.